The Bertz CT molecular complexity index is 341. The molecule has 14 heavy (non-hydrogen) atoms. The number of hydrogen-bond donors (Lipinski definition) is 0. The second kappa shape index (κ2) is 4.53. The number of hydrogen-bond acceptors (Lipinski definition) is 1. The number of nitrogens with zero attached hydrogens (tertiary/aromatic N) is 2. The Morgan fingerprint density at radius 3 is 2.36 bits per heavy atom. The highest BCUT2D eigenvalue weighted by Crippen LogP contribution is 2.27. The van der Waals surface area contributed by atoms with Crippen molar-refractivity contribution in [3.63, 3.8) is 0 Å². The van der Waals surface area contributed by atoms with Crippen molar-refractivity contribution in [2.45, 2.75) is 0 Å². The fourth-order valence-electron chi connectivity index (χ4n) is 0.890. The molecule has 76 valence electrons. The van der Waals surface area contributed by atoms with Crippen LogP contribution < -0.4 is 4.42 Å². The number of urea groups is 1. The van der Waals surface area contributed by atoms with E-state index in [0.717, 1.165) is 4.42 Å². The van der Waals surface area contributed by atoms with Gasteiger partial charge in [-0.25, -0.2) is 9.21 Å². The first kappa shape index (κ1) is 11.1. The van der Waals surface area contributed by atoms with E-state index in [1.807, 2.05) is 0 Å². The number of anilines is 1. The van der Waals surface area contributed by atoms with Crippen molar-refractivity contribution in [3.05, 3.63) is 29.3 Å². The highest BCUT2D eigenvalue weighted by atomic mass is 35.5. The normalized spacial score (nSPS) is 9.71. The molecule has 0 aromatic heterocycles. The van der Waals surface area contributed by atoms with Crippen molar-refractivity contribution in [1.29, 1.82) is 0 Å². The first-order valence-electron chi connectivity index (χ1n) is 3.95. The number of benzene rings is 1. The van der Waals surface area contributed by atoms with Crippen molar-refractivity contribution in [3.8, 4) is 0 Å². The van der Waals surface area contributed by atoms with Crippen LogP contribution >= 0.6 is 23.4 Å². The second-order valence-electron chi connectivity index (χ2n) is 2.91. The number of amides is 2. The van der Waals surface area contributed by atoms with Crippen LogP contribution in [0.5, 0.6) is 0 Å². The third-order valence-electron chi connectivity index (χ3n) is 1.61. The molecule has 0 saturated carbocycles. The lowest BCUT2D eigenvalue weighted by Crippen LogP contribution is -2.32. The van der Waals surface area contributed by atoms with Gasteiger partial charge in [0.25, 0.3) is 0 Å². The summed E-state index contributed by atoms with van der Waals surface area (Å²) in [7, 11) is 3.24. The molecule has 0 aliphatic carbocycles. The van der Waals surface area contributed by atoms with Gasteiger partial charge in [-0.2, -0.15) is 0 Å². The van der Waals surface area contributed by atoms with Gasteiger partial charge >= 0.3 is 6.03 Å². The van der Waals surface area contributed by atoms with Gasteiger partial charge in [0, 0.05) is 25.9 Å². The molecule has 0 atom stereocenters. The van der Waals surface area contributed by atoms with E-state index in [4.69, 9.17) is 23.4 Å². The Balaban J connectivity index is 2.95. The highest BCUT2D eigenvalue weighted by molar-refractivity contribution is 6.41. The molecule has 0 N–H and O–H groups in total. The highest BCUT2D eigenvalue weighted by Gasteiger charge is 2.17. The summed E-state index contributed by atoms with van der Waals surface area (Å²) in [4.78, 5) is 12.8. The van der Waals surface area contributed by atoms with Gasteiger partial charge in [-0.05, 0) is 12.1 Å². The van der Waals surface area contributed by atoms with E-state index < -0.39 is 0 Å². The molecule has 1 rings (SSSR count). The van der Waals surface area contributed by atoms with Crippen molar-refractivity contribution in [2.75, 3.05) is 18.5 Å². The smallest absolute Gasteiger partial charge is 0.329 e. The minimum Gasteiger partial charge on any atom is -0.329 e. The molecule has 0 radical (unpaired) electrons. The fraction of sp³-hybridized carbons (Fsp3) is 0.222. The quantitative estimate of drug-likeness (QED) is 0.684. The van der Waals surface area contributed by atoms with Gasteiger partial charge in [0.2, 0.25) is 0 Å². The molecule has 0 spiro atoms. The first-order valence-corrected chi connectivity index (χ1v) is 4.67. The third-order valence-corrected chi connectivity index (χ3v) is 2.26. The summed E-state index contributed by atoms with van der Waals surface area (Å²) in [5.74, 6) is 0. The van der Waals surface area contributed by atoms with Gasteiger partial charge in [0.15, 0.2) is 0 Å². The standard InChI is InChI=1S/C9H10Cl2N2O/c1-12(2)9(14)13(11)8-6-4-3-5-7(8)10/h3-6H,1-2H3. The predicted molar refractivity (Wildman–Crippen MR) is 58.9 cm³/mol. The fourth-order valence-corrected chi connectivity index (χ4v) is 1.45. The zero-order valence-corrected chi connectivity index (χ0v) is 9.38. The molecule has 0 unspecified atom stereocenters. The second-order valence-corrected chi connectivity index (χ2v) is 3.65. The monoisotopic (exact) mass is 232 g/mol. The van der Waals surface area contributed by atoms with Crippen LogP contribution in [0.3, 0.4) is 0 Å². The van der Waals surface area contributed by atoms with E-state index in [2.05, 4.69) is 0 Å². The lowest BCUT2D eigenvalue weighted by Gasteiger charge is -2.19. The largest absolute Gasteiger partial charge is 0.338 e. The SMILES string of the molecule is CN(C)C(=O)N(Cl)c1ccccc1Cl. The molecule has 0 bridgehead atoms. The molecule has 0 aliphatic rings. The first-order chi connectivity index (χ1) is 6.54. The number of halogens is 2. The molecule has 0 saturated heterocycles. The van der Waals surface area contributed by atoms with E-state index >= 15 is 0 Å². The zero-order chi connectivity index (χ0) is 10.7. The summed E-state index contributed by atoms with van der Waals surface area (Å²) < 4.78 is 0.988. The van der Waals surface area contributed by atoms with E-state index in [0.29, 0.717) is 10.7 Å². The maximum absolute atomic E-state index is 11.5. The lowest BCUT2D eigenvalue weighted by atomic mass is 10.3. The van der Waals surface area contributed by atoms with Gasteiger partial charge in [-0.1, -0.05) is 23.7 Å². The average molecular weight is 233 g/mol. The van der Waals surface area contributed by atoms with E-state index in [1.165, 1.54) is 4.90 Å². The van der Waals surface area contributed by atoms with Crippen molar-refractivity contribution in [2.24, 2.45) is 0 Å². The van der Waals surface area contributed by atoms with Crippen LogP contribution in [-0.4, -0.2) is 25.0 Å². The lowest BCUT2D eigenvalue weighted by molar-refractivity contribution is 0.227. The topological polar surface area (TPSA) is 23.6 Å². The zero-order valence-electron chi connectivity index (χ0n) is 7.87. The summed E-state index contributed by atoms with van der Waals surface area (Å²) in [6, 6.07) is 6.56. The van der Waals surface area contributed by atoms with Gasteiger partial charge < -0.3 is 4.90 Å². The minimum absolute atomic E-state index is 0.334. The molecule has 1 aromatic rings. The van der Waals surface area contributed by atoms with E-state index in [1.54, 1.807) is 38.4 Å². The van der Waals surface area contributed by atoms with Crippen molar-refractivity contribution >= 4 is 35.1 Å². The van der Waals surface area contributed by atoms with Crippen LogP contribution in [0.4, 0.5) is 10.5 Å². The Labute approximate surface area is 92.9 Å². The molecular weight excluding hydrogens is 223 g/mol. The number of carbonyl (C=O) groups is 1. The van der Waals surface area contributed by atoms with Crippen LogP contribution in [-0.2, 0) is 0 Å². The Hall–Kier alpha value is -0.930. The number of rotatable bonds is 1. The van der Waals surface area contributed by atoms with E-state index in [-0.39, 0.29) is 6.03 Å². The van der Waals surface area contributed by atoms with Crippen LogP contribution in [0.25, 0.3) is 0 Å². The maximum Gasteiger partial charge on any atom is 0.338 e. The van der Waals surface area contributed by atoms with Crippen molar-refractivity contribution in [1.82, 2.24) is 4.90 Å². The molecule has 3 nitrogen and oxygen atoms in total. The van der Waals surface area contributed by atoms with Crippen LogP contribution in [0.15, 0.2) is 24.3 Å². The van der Waals surface area contributed by atoms with Gasteiger partial charge in [0.1, 0.15) is 0 Å². The molecule has 2 amide bonds. The average Bonchev–Trinajstić information content (AvgIpc) is 2.16. The summed E-state index contributed by atoms with van der Waals surface area (Å²) in [6.45, 7) is 0. The molecular formula is C9H10Cl2N2O. The predicted octanol–water partition coefficient (Wildman–Crippen LogP) is 2.98. The van der Waals surface area contributed by atoms with Gasteiger partial charge in [-0.15, -0.1) is 0 Å². The summed E-state index contributed by atoms with van der Waals surface area (Å²) in [5.41, 5.74) is 0.481. The Morgan fingerprint density at radius 1 is 1.29 bits per heavy atom. The number of para-hydroxylation sites is 1. The van der Waals surface area contributed by atoms with E-state index in [9.17, 15) is 4.79 Å². The Kier molecular flexibility index (Phi) is 3.61. The van der Waals surface area contributed by atoms with Gasteiger partial charge in [0.05, 0.1) is 10.7 Å². The summed E-state index contributed by atoms with van der Waals surface area (Å²) in [5, 5.41) is 0.442. The summed E-state index contributed by atoms with van der Waals surface area (Å²) in [6.07, 6.45) is 0. The molecule has 0 aliphatic heterocycles. The summed E-state index contributed by atoms with van der Waals surface area (Å²) >= 11 is 11.7. The maximum atomic E-state index is 11.5. The molecule has 1 aromatic carbocycles. The Morgan fingerprint density at radius 2 is 1.86 bits per heavy atom. The molecule has 5 heteroatoms. The van der Waals surface area contributed by atoms with Gasteiger partial charge in [-0.3, -0.25) is 0 Å². The third kappa shape index (κ3) is 2.30. The van der Waals surface area contributed by atoms with Crippen molar-refractivity contribution < 1.29 is 4.79 Å². The minimum atomic E-state index is -0.334. The van der Waals surface area contributed by atoms with Crippen LogP contribution in [0, 0.1) is 0 Å². The van der Waals surface area contributed by atoms with Crippen LogP contribution in [0.1, 0.15) is 0 Å². The molecule has 0 fully saturated rings. The van der Waals surface area contributed by atoms with Crippen LogP contribution in [0.2, 0.25) is 5.02 Å². The number of carbonyl (C=O) groups excluding carboxylic acids is 1. The molecule has 0 heterocycles.